The molecular weight excluding hydrogens is 228 g/mol. The van der Waals surface area contributed by atoms with Crippen molar-refractivity contribution in [3.8, 4) is 0 Å². The Morgan fingerprint density at radius 1 is 1.11 bits per heavy atom. The summed E-state index contributed by atoms with van der Waals surface area (Å²) < 4.78 is 0. The van der Waals surface area contributed by atoms with E-state index < -0.39 is 0 Å². The van der Waals surface area contributed by atoms with E-state index >= 15 is 0 Å². The number of hydrogen-bond donors (Lipinski definition) is 1. The minimum absolute atomic E-state index is 0.0269. The number of likely N-dealkylation sites (tertiary alicyclic amines) is 1. The van der Waals surface area contributed by atoms with Crippen LogP contribution in [0.5, 0.6) is 0 Å². The van der Waals surface area contributed by atoms with Crippen molar-refractivity contribution in [1.82, 2.24) is 9.88 Å². The molecule has 2 fully saturated rings. The summed E-state index contributed by atoms with van der Waals surface area (Å²) in [5, 5.41) is 0. The van der Waals surface area contributed by atoms with Gasteiger partial charge in [-0.05, 0) is 31.7 Å². The Morgan fingerprint density at radius 2 is 1.78 bits per heavy atom. The van der Waals surface area contributed by atoms with Gasteiger partial charge in [-0.1, -0.05) is 11.1 Å². The van der Waals surface area contributed by atoms with E-state index in [9.17, 15) is 9.59 Å². The van der Waals surface area contributed by atoms with Gasteiger partial charge in [-0.2, -0.15) is 0 Å². The largest absolute Gasteiger partial charge is 0.338 e. The molecule has 1 aromatic rings. The van der Waals surface area contributed by atoms with Gasteiger partial charge < -0.3 is 9.88 Å². The molecule has 0 unspecified atom stereocenters. The van der Waals surface area contributed by atoms with Crippen LogP contribution in [0.15, 0.2) is 34.3 Å². The number of hydrogen-bond acceptors (Lipinski definition) is 2. The lowest BCUT2D eigenvalue weighted by molar-refractivity contribution is 0.0743. The first-order valence-corrected chi connectivity index (χ1v) is 6.42. The Bertz CT molecular complexity index is 555. The van der Waals surface area contributed by atoms with Crippen molar-refractivity contribution in [2.45, 2.75) is 25.7 Å². The van der Waals surface area contributed by atoms with E-state index in [2.05, 4.69) is 4.98 Å². The van der Waals surface area contributed by atoms with Crippen LogP contribution >= 0.6 is 0 Å². The Kier molecular flexibility index (Phi) is 2.78. The van der Waals surface area contributed by atoms with Crippen LogP contribution in [0.2, 0.25) is 0 Å². The van der Waals surface area contributed by atoms with Crippen LogP contribution in [-0.4, -0.2) is 28.9 Å². The highest BCUT2D eigenvalue weighted by molar-refractivity contribution is 5.94. The summed E-state index contributed by atoms with van der Waals surface area (Å²) in [5.74, 6) is -0.0269. The smallest absolute Gasteiger partial charge is 0.254 e. The van der Waals surface area contributed by atoms with E-state index in [-0.39, 0.29) is 11.5 Å². The zero-order chi connectivity index (χ0) is 12.5. The van der Waals surface area contributed by atoms with Gasteiger partial charge in [0.05, 0.1) is 0 Å². The summed E-state index contributed by atoms with van der Waals surface area (Å²) in [6.07, 6.45) is 6.06. The second-order valence-corrected chi connectivity index (χ2v) is 4.94. The molecule has 1 aliphatic heterocycles. The number of H-pyrrole nitrogens is 1. The van der Waals surface area contributed by atoms with E-state index in [0.717, 1.165) is 25.9 Å². The molecule has 94 valence electrons. The standard InChI is InChI=1S/C14H16N2O2/c17-13-9-12(3-6-15-13)14(18)16-7-4-11(5-8-16)10-1-2-10/h3,6,9H,1-2,4-5,7-8H2,(H,15,17). The average Bonchev–Trinajstić information content (AvgIpc) is 3.22. The highest BCUT2D eigenvalue weighted by Crippen LogP contribution is 2.36. The third-order valence-corrected chi connectivity index (χ3v) is 3.68. The van der Waals surface area contributed by atoms with Gasteiger partial charge in [0, 0.05) is 30.9 Å². The monoisotopic (exact) mass is 244 g/mol. The van der Waals surface area contributed by atoms with E-state index in [1.54, 1.807) is 17.2 Å². The number of aromatic amines is 1. The second kappa shape index (κ2) is 4.44. The topological polar surface area (TPSA) is 53.2 Å². The Morgan fingerprint density at radius 3 is 2.39 bits per heavy atom. The van der Waals surface area contributed by atoms with Gasteiger partial charge in [-0.3, -0.25) is 9.59 Å². The number of rotatable bonds is 1. The molecule has 4 heteroatoms. The minimum Gasteiger partial charge on any atom is -0.338 e. The van der Waals surface area contributed by atoms with Gasteiger partial charge >= 0.3 is 0 Å². The fraction of sp³-hybridized carbons (Fsp3) is 0.429. The van der Waals surface area contributed by atoms with Gasteiger partial charge in [0.2, 0.25) is 5.56 Å². The zero-order valence-corrected chi connectivity index (χ0v) is 10.2. The van der Waals surface area contributed by atoms with Crippen LogP contribution < -0.4 is 5.56 Å². The average molecular weight is 244 g/mol. The molecule has 0 radical (unpaired) electrons. The van der Waals surface area contributed by atoms with E-state index in [1.807, 2.05) is 4.90 Å². The van der Waals surface area contributed by atoms with Gasteiger partial charge in [0.15, 0.2) is 0 Å². The van der Waals surface area contributed by atoms with Crippen molar-refractivity contribution in [3.63, 3.8) is 0 Å². The van der Waals surface area contributed by atoms with Crippen molar-refractivity contribution in [3.05, 3.63) is 45.4 Å². The number of amides is 1. The molecule has 1 amide bonds. The zero-order valence-electron chi connectivity index (χ0n) is 10.2. The number of allylic oxidation sites excluding steroid dienone is 1. The maximum atomic E-state index is 12.2. The summed E-state index contributed by atoms with van der Waals surface area (Å²) in [5.41, 5.74) is 3.43. The Hall–Kier alpha value is -1.84. The molecule has 18 heavy (non-hydrogen) atoms. The van der Waals surface area contributed by atoms with Crippen LogP contribution in [-0.2, 0) is 0 Å². The molecule has 0 spiro atoms. The summed E-state index contributed by atoms with van der Waals surface area (Å²) >= 11 is 0. The lowest BCUT2D eigenvalue weighted by atomic mass is 10.0. The van der Waals surface area contributed by atoms with Crippen LogP contribution in [0.25, 0.3) is 0 Å². The number of nitrogens with one attached hydrogen (secondary N) is 1. The summed E-state index contributed by atoms with van der Waals surface area (Å²) in [4.78, 5) is 27.8. The van der Waals surface area contributed by atoms with E-state index in [1.165, 1.54) is 25.1 Å². The predicted molar refractivity (Wildman–Crippen MR) is 68.5 cm³/mol. The molecule has 1 saturated carbocycles. The first-order chi connectivity index (χ1) is 8.74. The lowest BCUT2D eigenvalue weighted by Gasteiger charge is -2.28. The molecule has 3 rings (SSSR count). The number of carbonyl (C=O) groups excluding carboxylic acids is 1. The van der Waals surface area contributed by atoms with Crippen molar-refractivity contribution < 1.29 is 4.79 Å². The predicted octanol–water partition coefficient (Wildman–Crippen LogP) is 1.70. The third kappa shape index (κ3) is 2.23. The van der Waals surface area contributed by atoms with E-state index in [0.29, 0.717) is 5.56 Å². The van der Waals surface area contributed by atoms with Crippen molar-refractivity contribution in [2.75, 3.05) is 13.1 Å². The second-order valence-electron chi connectivity index (χ2n) is 4.94. The molecule has 1 aliphatic carbocycles. The molecule has 0 atom stereocenters. The Labute approximate surface area is 105 Å². The van der Waals surface area contributed by atoms with Gasteiger partial charge in [0.1, 0.15) is 0 Å². The fourth-order valence-electron chi connectivity index (χ4n) is 2.51. The molecule has 0 bridgehead atoms. The maximum absolute atomic E-state index is 12.2. The summed E-state index contributed by atoms with van der Waals surface area (Å²) in [6.45, 7) is 1.56. The van der Waals surface area contributed by atoms with Crippen LogP contribution in [0.1, 0.15) is 36.0 Å². The number of piperidine rings is 1. The number of carbonyl (C=O) groups is 1. The fourth-order valence-corrected chi connectivity index (χ4v) is 2.51. The SMILES string of the molecule is O=C(c1cc[nH]c(=O)c1)N1CCC(=C2CC2)CC1. The molecule has 1 N–H and O–H groups in total. The number of aromatic nitrogens is 1. The molecule has 4 nitrogen and oxygen atoms in total. The van der Waals surface area contributed by atoms with E-state index in [4.69, 9.17) is 0 Å². The summed E-state index contributed by atoms with van der Waals surface area (Å²) in [6, 6.07) is 3.04. The summed E-state index contributed by atoms with van der Waals surface area (Å²) in [7, 11) is 0. The third-order valence-electron chi connectivity index (χ3n) is 3.68. The minimum atomic E-state index is -0.223. The van der Waals surface area contributed by atoms with Gasteiger partial charge in [0.25, 0.3) is 5.91 Å². The van der Waals surface area contributed by atoms with Crippen molar-refractivity contribution >= 4 is 5.91 Å². The molecule has 1 aromatic heterocycles. The van der Waals surface area contributed by atoms with Crippen LogP contribution in [0, 0.1) is 0 Å². The number of nitrogens with zero attached hydrogens (tertiary/aromatic N) is 1. The van der Waals surface area contributed by atoms with Crippen molar-refractivity contribution in [2.24, 2.45) is 0 Å². The highest BCUT2D eigenvalue weighted by atomic mass is 16.2. The van der Waals surface area contributed by atoms with Gasteiger partial charge in [-0.15, -0.1) is 0 Å². The first-order valence-electron chi connectivity index (χ1n) is 6.42. The maximum Gasteiger partial charge on any atom is 0.254 e. The molecule has 2 aliphatic rings. The molecule has 0 aromatic carbocycles. The lowest BCUT2D eigenvalue weighted by Crippen LogP contribution is -2.36. The van der Waals surface area contributed by atoms with Gasteiger partial charge in [-0.25, -0.2) is 0 Å². The van der Waals surface area contributed by atoms with Crippen LogP contribution in [0.3, 0.4) is 0 Å². The molecular formula is C14H16N2O2. The highest BCUT2D eigenvalue weighted by Gasteiger charge is 2.24. The first kappa shape index (κ1) is 11.3. The quantitative estimate of drug-likeness (QED) is 0.764. The molecule has 2 heterocycles. The van der Waals surface area contributed by atoms with Crippen LogP contribution in [0.4, 0.5) is 0 Å². The normalized spacial score (nSPS) is 19.0. The molecule has 1 saturated heterocycles. The Balaban J connectivity index is 1.71. The number of pyridine rings is 1. The van der Waals surface area contributed by atoms with Crippen molar-refractivity contribution in [1.29, 1.82) is 0 Å².